The van der Waals surface area contributed by atoms with Crippen molar-refractivity contribution in [3.05, 3.63) is 59.7 Å². The van der Waals surface area contributed by atoms with Gasteiger partial charge in [-0.1, -0.05) is 48.5 Å². The number of amides is 1. The van der Waals surface area contributed by atoms with E-state index in [2.05, 4.69) is 0 Å². The highest BCUT2D eigenvalue weighted by atomic mass is 19.4. The van der Waals surface area contributed by atoms with Crippen LogP contribution in [-0.4, -0.2) is 35.5 Å². The van der Waals surface area contributed by atoms with Gasteiger partial charge in [0, 0.05) is 5.92 Å². The molecule has 3 rings (SSSR count). The lowest BCUT2D eigenvalue weighted by Crippen LogP contribution is -2.54. The second kappa shape index (κ2) is 7.18. The Labute approximate surface area is 159 Å². The highest BCUT2D eigenvalue weighted by Gasteiger charge is 2.46. The first-order valence-electron chi connectivity index (χ1n) is 8.54. The third-order valence-electron chi connectivity index (χ3n) is 4.75. The predicted octanol–water partition coefficient (Wildman–Crippen LogP) is 4.32. The zero-order valence-corrected chi connectivity index (χ0v) is 14.9. The predicted molar refractivity (Wildman–Crippen MR) is 94.9 cm³/mol. The summed E-state index contributed by atoms with van der Waals surface area (Å²) in [5, 5.41) is 11.0. The van der Waals surface area contributed by atoms with Gasteiger partial charge >= 0.3 is 18.2 Å². The van der Waals surface area contributed by atoms with Gasteiger partial charge in [0.25, 0.3) is 0 Å². The van der Waals surface area contributed by atoms with Gasteiger partial charge in [0.2, 0.25) is 0 Å². The molecule has 1 amide bonds. The molecule has 0 fully saturated rings. The van der Waals surface area contributed by atoms with Crippen molar-refractivity contribution in [2.45, 2.75) is 31.0 Å². The van der Waals surface area contributed by atoms with Gasteiger partial charge in [-0.3, -0.25) is 0 Å². The van der Waals surface area contributed by atoms with E-state index in [1.807, 2.05) is 53.8 Å². The Hall–Kier alpha value is -3.03. The van der Waals surface area contributed by atoms with Crippen molar-refractivity contribution in [3.63, 3.8) is 0 Å². The van der Waals surface area contributed by atoms with Crippen LogP contribution in [0, 0.1) is 0 Å². The monoisotopic (exact) mass is 393 g/mol. The lowest BCUT2D eigenvalue weighted by atomic mass is 9.97. The minimum atomic E-state index is -4.76. The average Bonchev–Trinajstić information content (AvgIpc) is 2.92. The number of hydrogen-bond donors (Lipinski definition) is 2. The number of carboxylic acid groups (broad SMARTS) is 1. The van der Waals surface area contributed by atoms with Crippen molar-refractivity contribution in [3.8, 4) is 11.1 Å². The third kappa shape index (κ3) is 3.95. The second-order valence-corrected chi connectivity index (χ2v) is 6.88. The van der Waals surface area contributed by atoms with Gasteiger partial charge in [0.1, 0.15) is 12.1 Å². The molecule has 1 aliphatic rings. The number of carboxylic acids is 1. The summed E-state index contributed by atoms with van der Waals surface area (Å²) in [5.41, 5.74) is 1.36. The van der Waals surface area contributed by atoms with E-state index < -0.39 is 30.2 Å². The van der Waals surface area contributed by atoms with Crippen LogP contribution in [0.5, 0.6) is 0 Å². The number of rotatable bonds is 5. The maximum atomic E-state index is 12.7. The molecule has 0 saturated heterocycles. The number of alkyl halides is 3. The van der Waals surface area contributed by atoms with Crippen molar-refractivity contribution >= 4 is 12.1 Å². The molecule has 5 nitrogen and oxygen atoms in total. The number of nitrogens with one attached hydrogen (secondary N) is 1. The summed E-state index contributed by atoms with van der Waals surface area (Å²) in [6.07, 6.45) is -7.68. The molecule has 1 atom stereocenters. The number of carbonyl (C=O) groups is 2. The van der Waals surface area contributed by atoms with Gasteiger partial charge in [0.05, 0.1) is 6.42 Å². The van der Waals surface area contributed by atoms with Crippen LogP contribution in [0.2, 0.25) is 0 Å². The van der Waals surface area contributed by atoms with Crippen molar-refractivity contribution in [1.29, 1.82) is 0 Å². The molecular weight excluding hydrogens is 375 g/mol. The van der Waals surface area contributed by atoms with Gasteiger partial charge in [-0.25, -0.2) is 9.59 Å². The lowest BCUT2D eigenvalue weighted by molar-refractivity contribution is -0.167. The molecule has 28 heavy (non-hydrogen) atoms. The minimum Gasteiger partial charge on any atom is -0.480 e. The molecular formula is C20H18F3NO4. The Morgan fingerprint density at radius 3 is 2.00 bits per heavy atom. The molecule has 1 unspecified atom stereocenters. The van der Waals surface area contributed by atoms with Crippen LogP contribution < -0.4 is 5.32 Å². The summed E-state index contributed by atoms with van der Waals surface area (Å²) < 4.78 is 43.1. The quantitative estimate of drug-likeness (QED) is 0.793. The molecule has 0 bridgehead atoms. The highest BCUT2D eigenvalue weighted by molar-refractivity contribution is 5.84. The maximum absolute atomic E-state index is 12.7. The first-order chi connectivity index (χ1) is 13.1. The van der Waals surface area contributed by atoms with Crippen LogP contribution in [0.15, 0.2) is 48.5 Å². The van der Waals surface area contributed by atoms with Crippen LogP contribution >= 0.6 is 0 Å². The van der Waals surface area contributed by atoms with Gasteiger partial charge in [-0.2, -0.15) is 13.2 Å². The van der Waals surface area contributed by atoms with E-state index >= 15 is 0 Å². The number of halogens is 3. The fourth-order valence-electron chi connectivity index (χ4n) is 3.43. The molecule has 0 heterocycles. The van der Waals surface area contributed by atoms with E-state index in [9.17, 15) is 22.8 Å². The maximum Gasteiger partial charge on any atom is 0.408 e. The molecule has 2 aromatic rings. The van der Waals surface area contributed by atoms with Crippen molar-refractivity contribution < 1.29 is 32.6 Å². The van der Waals surface area contributed by atoms with Crippen molar-refractivity contribution in [1.82, 2.24) is 5.32 Å². The highest BCUT2D eigenvalue weighted by Crippen LogP contribution is 2.44. The number of aliphatic carboxylic acids is 1. The topological polar surface area (TPSA) is 75.6 Å². The van der Waals surface area contributed by atoms with Gasteiger partial charge in [-0.05, 0) is 29.2 Å². The summed E-state index contributed by atoms with van der Waals surface area (Å²) in [4.78, 5) is 23.3. The van der Waals surface area contributed by atoms with Crippen LogP contribution in [0.3, 0.4) is 0 Å². The zero-order chi connectivity index (χ0) is 20.5. The van der Waals surface area contributed by atoms with E-state index in [0.717, 1.165) is 29.2 Å². The third-order valence-corrected chi connectivity index (χ3v) is 4.75. The number of ether oxygens (including phenoxy) is 1. The summed E-state index contributed by atoms with van der Waals surface area (Å²) in [6, 6.07) is 15.2. The minimum absolute atomic E-state index is 0.123. The molecule has 148 valence electrons. The van der Waals surface area contributed by atoms with Crippen LogP contribution in [0.25, 0.3) is 11.1 Å². The zero-order valence-electron chi connectivity index (χ0n) is 14.9. The van der Waals surface area contributed by atoms with Crippen LogP contribution in [-0.2, 0) is 9.53 Å². The number of carbonyl (C=O) groups excluding carboxylic acids is 1. The Kier molecular flexibility index (Phi) is 5.06. The Bertz CT molecular complexity index is 867. The normalized spacial score (nSPS) is 15.3. The SMILES string of the molecule is CC(CC(F)(F)F)(NC(=O)OCC1c2ccccc2-c2ccccc21)C(=O)O. The number of fused-ring (bicyclic) bond motifs is 3. The van der Waals surface area contributed by atoms with Crippen LogP contribution in [0.1, 0.15) is 30.4 Å². The van der Waals surface area contributed by atoms with Gasteiger partial charge in [0.15, 0.2) is 0 Å². The summed E-state index contributed by atoms with van der Waals surface area (Å²) in [7, 11) is 0. The molecule has 8 heteroatoms. The van der Waals surface area contributed by atoms with Crippen molar-refractivity contribution in [2.75, 3.05) is 6.61 Å². The Morgan fingerprint density at radius 1 is 1.04 bits per heavy atom. The Balaban J connectivity index is 1.74. The molecule has 0 radical (unpaired) electrons. The summed E-state index contributed by atoms with van der Waals surface area (Å²) >= 11 is 0. The second-order valence-electron chi connectivity index (χ2n) is 6.88. The molecule has 0 spiro atoms. The van der Waals surface area contributed by atoms with E-state index in [1.54, 1.807) is 0 Å². The van der Waals surface area contributed by atoms with E-state index in [4.69, 9.17) is 9.84 Å². The lowest BCUT2D eigenvalue weighted by Gasteiger charge is -2.27. The van der Waals surface area contributed by atoms with E-state index in [0.29, 0.717) is 0 Å². The van der Waals surface area contributed by atoms with E-state index in [-0.39, 0.29) is 12.5 Å². The van der Waals surface area contributed by atoms with Crippen molar-refractivity contribution in [2.24, 2.45) is 0 Å². The first-order valence-corrected chi connectivity index (χ1v) is 8.54. The molecule has 2 N–H and O–H groups in total. The summed E-state index contributed by atoms with van der Waals surface area (Å²) in [6.45, 7) is 0.672. The molecule has 0 aliphatic heterocycles. The molecule has 0 aromatic heterocycles. The van der Waals surface area contributed by atoms with Gasteiger partial charge in [-0.15, -0.1) is 0 Å². The fraction of sp³-hybridized carbons (Fsp3) is 0.300. The summed E-state index contributed by atoms with van der Waals surface area (Å²) in [5.74, 6) is -2.07. The Morgan fingerprint density at radius 2 is 1.54 bits per heavy atom. The standard InChI is InChI=1S/C20H18F3NO4/c1-19(17(25)26,11-20(21,22)23)24-18(27)28-10-16-14-8-4-2-6-12(14)13-7-3-5-9-15(13)16/h2-9,16H,10-11H2,1H3,(H,24,27)(H,25,26). The van der Waals surface area contributed by atoms with Gasteiger partial charge < -0.3 is 15.2 Å². The number of alkyl carbamates (subject to hydrolysis) is 1. The number of benzene rings is 2. The van der Waals surface area contributed by atoms with Crippen LogP contribution in [0.4, 0.5) is 18.0 Å². The smallest absolute Gasteiger partial charge is 0.408 e. The first kappa shape index (κ1) is 19.7. The number of hydrogen-bond acceptors (Lipinski definition) is 3. The van der Waals surface area contributed by atoms with E-state index in [1.165, 1.54) is 0 Å². The average molecular weight is 393 g/mol. The largest absolute Gasteiger partial charge is 0.480 e. The molecule has 2 aromatic carbocycles. The fourth-order valence-corrected chi connectivity index (χ4v) is 3.43. The molecule has 1 aliphatic carbocycles. The molecule has 0 saturated carbocycles.